The fourth-order valence-electron chi connectivity index (χ4n) is 2.71. The van der Waals surface area contributed by atoms with E-state index in [1.807, 2.05) is 0 Å². The average molecular weight is 372 g/mol. The summed E-state index contributed by atoms with van der Waals surface area (Å²) in [6.45, 7) is 0.481. The van der Waals surface area contributed by atoms with Gasteiger partial charge in [0.2, 0.25) is 0 Å². The highest BCUT2D eigenvalue weighted by Crippen LogP contribution is 2.30. The van der Waals surface area contributed by atoms with Gasteiger partial charge in [-0.2, -0.15) is 0 Å². The van der Waals surface area contributed by atoms with Gasteiger partial charge in [-0.3, -0.25) is 9.69 Å². The van der Waals surface area contributed by atoms with Gasteiger partial charge in [-0.05, 0) is 34.8 Å². The molecule has 0 aliphatic carbocycles. The summed E-state index contributed by atoms with van der Waals surface area (Å²) in [5.41, 5.74) is 0.403. The van der Waals surface area contributed by atoms with Crippen LogP contribution in [0.2, 0.25) is 0 Å². The average Bonchev–Trinajstić information content (AvgIpc) is 2.66. The van der Waals surface area contributed by atoms with Crippen LogP contribution in [0.15, 0.2) is 14.6 Å². The van der Waals surface area contributed by atoms with Crippen LogP contribution in [0.1, 0.15) is 37.5 Å². The number of carboxylic acid groups (broad SMARTS) is 1. The molecule has 1 saturated heterocycles. The number of rotatable bonds is 1. The summed E-state index contributed by atoms with van der Waals surface area (Å²) in [4.78, 5) is 32.2. The number of hydrogen-bond donors (Lipinski definition) is 2. The van der Waals surface area contributed by atoms with Crippen molar-refractivity contribution in [1.29, 1.82) is 0 Å². The summed E-state index contributed by atoms with van der Waals surface area (Å²) in [5, 5.41) is 9.38. The highest BCUT2D eigenvalue weighted by atomic mass is 79.9. The maximum atomic E-state index is 12.1. The molecule has 1 fully saturated rings. The molecule has 0 bridgehead atoms. The van der Waals surface area contributed by atoms with E-state index in [0.29, 0.717) is 29.0 Å². The number of fused-ring (bicyclic) bond motifs is 1. The third kappa shape index (κ3) is 2.82. The lowest BCUT2D eigenvalue weighted by atomic mass is 10.1. The summed E-state index contributed by atoms with van der Waals surface area (Å²) in [6.07, 6.45) is 2.50. The molecule has 3 heterocycles. The van der Waals surface area contributed by atoms with Crippen molar-refractivity contribution in [3.05, 3.63) is 26.0 Å². The number of aromatic nitrogens is 2. The minimum atomic E-state index is -0.962. The highest BCUT2D eigenvalue weighted by Gasteiger charge is 2.28. The summed E-state index contributed by atoms with van der Waals surface area (Å²) in [5.74, 6) is 0.446. The fourth-order valence-corrected chi connectivity index (χ4v) is 4.13. The maximum absolute atomic E-state index is 12.1. The minimum absolute atomic E-state index is 0.208. The van der Waals surface area contributed by atoms with Crippen molar-refractivity contribution in [3.8, 4) is 0 Å². The van der Waals surface area contributed by atoms with Crippen molar-refractivity contribution < 1.29 is 9.90 Å². The Morgan fingerprint density at radius 3 is 3.05 bits per heavy atom. The molecule has 1 unspecified atom stereocenters. The van der Waals surface area contributed by atoms with E-state index in [4.69, 9.17) is 0 Å². The van der Waals surface area contributed by atoms with Crippen LogP contribution in [0.5, 0.6) is 0 Å². The van der Waals surface area contributed by atoms with Gasteiger partial charge in [-0.25, -0.2) is 9.78 Å². The molecule has 112 valence electrons. The largest absolute Gasteiger partial charge is 0.465 e. The Balaban J connectivity index is 2.08. The van der Waals surface area contributed by atoms with Gasteiger partial charge in [0.1, 0.15) is 10.5 Å². The predicted molar refractivity (Wildman–Crippen MR) is 83.9 cm³/mol. The Morgan fingerprint density at radius 2 is 2.29 bits per heavy atom. The molecule has 0 spiro atoms. The fraction of sp³-hybridized carbons (Fsp3) is 0.462. The summed E-state index contributed by atoms with van der Waals surface area (Å²) in [6, 6.07) is 1.42. The second kappa shape index (κ2) is 5.76. The van der Waals surface area contributed by atoms with E-state index < -0.39 is 6.09 Å². The number of carbonyl (C=O) groups is 1. The smallest absolute Gasteiger partial charge is 0.407 e. The Kier molecular flexibility index (Phi) is 3.99. The normalized spacial score (nSPS) is 19.7. The molecule has 1 amide bonds. The number of thiophene rings is 1. The van der Waals surface area contributed by atoms with E-state index in [0.717, 1.165) is 23.0 Å². The molecule has 0 aromatic carbocycles. The lowest BCUT2D eigenvalue weighted by Crippen LogP contribution is -2.35. The van der Waals surface area contributed by atoms with Crippen LogP contribution in [0, 0.1) is 0 Å². The standard InChI is InChI=1S/C13H14BrN3O3S/c14-9-6-7-10(21-9)12(18)16-11(15-7)8-4-2-1-3-5-17(8)13(19)20/h6,8H,1-5H2,(H,19,20)(H,15,16,18). The van der Waals surface area contributed by atoms with Crippen molar-refractivity contribution in [2.24, 2.45) is 0 Å². The van der Waals surface area contributed by atoms with Crippen LogP contribution in [-0.4, -0.2) is 32.6 Å². The molecule has 8 heteroatoms. The number of nitrogens with zero attached hydrogens (tertiary/aromatic N) is 2. The van der Waals surface area contributed by atoms with Gasteiger partial charge in [-0.1, -0.05) is 12.8 Å². The Hall–Kier alpha value is -1.41. The van der Waals surface area contributed by atoms with Gasteiger partial charge in [-0.15, -0.1) is 11.3 Å². The molecule has 1 aliphatic heterocycles. The quantitative estimate of drug-likeness (QED) is 0.804. The number of aromatic amines is 1. The van der Waals surface area contributed by atoms with Crippen molar-refractivity contribution in [2.75, 3.05) is 6.54 Å². The van der Waals surface area contributed by atoms with Crippen LogP contribution in [-0.2, 0) is 0 Å². The first-order valence-electron chi connectivity index (χ1n) is 6.75. The summed E-state index contributed by atoms with van der Waals surface area (Å²) < 4.78 is 1.39. The molecular weight excluding hydrogens is 358 g/mol. The second-order valence-corrected chi connectivity index (χ2v) is 7.49. The van der Waals surface area contributed by atoms with Crippen LogP contribution in [0.3, 0.4) is 0 Å². The van der Waals surface area contributed by atoms with Gasteiger partial charge in [0, 0.05) is 6.54 Å². The highest BCUT2D eigenvalue weighted by molar-refractivity contribution is 9.11. The first-order chi connectivity index (χ1) is 10.1. The summed E-state index contributed by atoms with van der Waals surface area (Å²) in [7, 11) is 0. The van der Waals surface area contributed by atoms with Gasteiger partial charge >= 0.3 is 6.09 Å². The lowest BCUT2D eigenvalue weighted by molar-refractivity contribution is 0.123. The first-order valence-corrected chi connectivity index (χ1v) is 8.36. The summed E-state index contributed by atoms with van der Waals surface area (Å²) >= 11 is 4.67. The van der Waals surface area contributed by atoms with Crippen molar-refractivity contribution in [1.82, 2.24) is 14.9 Å². The zero-order valence-corrected chi connectivity index (χ0v) is 13.5. The van der Waals surface area contributed by atoms with Crippen LogP contribution in [0.4, 0.5) is 4.79 Å². The zero-order valence-electron chi connectivity index (χ0n) is 11.1. The molecule has 2 N–H and O–H groups in total. The van der Waals surface area contributed by atoms with E-state index in [-0.39, 0.29) is 11.6 Å². The molecule has 21 heavy (non-hydrogen) atoms. The minimum Gasteiger partial charge on any atom is -0.465 e. The van der Waals surface area contributed by atoms with Crippen LogP contribution >= 0.6 is 27.3 Å². The van der Waals surface area contributed by atoms with Crippen molar-refractivity contribution >= 4 is 43.6 Å². The van der Waals surface area contributed by atoms with Gasteiger partial charge < -0.3 is 10.1 Å². The Labute approximate surface area is 132 Å². The second-order valence-electron chi connectivity index (χ2n) is 5.06. The van der Waals surface area contributed by atoms with Crippen LogP contribution < -0.4 is 5.56 Å². The molecule has 1 atom stereocenters. The van der Waals surface area contributed by atoms with Crippen LogP contribution in [0.25, 0.3) is 10.2 Å². The third-order valence-corrected chi connectivity index (χ3v) is 5.31. The monoisotopic (exact) mass is 371 g/mol. The van der Waals surface area contributed by atoms with E-state index in [2.05, 4.69) is 25.9 Å². The molecule has 6 nitrogen and oxygen atoms in total. The van der Waals surface area contributed by atoms with E-state index in [9.17, 15) is 14.7 Å². The number of amides is 1. The lowest BCUT2D eigenvalue weighted by Gasteiger charge is -2.26. The van der Waals surface area contributed by atoms with E-state index in [1.54, 1.807) is 6.07 Å². The number of nitrogens with one attached hydrogen (secondary N) is 1. The SMILES string of the molecule is O=C(O)N1CCCCCC1c1nc2cc(Br)sc2c(=O)[nH]1. The maximum Gasteiger partial charge on any atom is 0.407 e. The first kappa shape index (κ1) is 14.5. The van der Waals surface area contributed by atoms with E-state index >= 15 is 0 Å². The third-order valence-electron chi connectivity index (χ3n) is 3.69. The molecule has 2 aromatic rings. The predicted octanol–water partition coefficient (Wildman–Crippen LogP) is 3.34. The molecule has 1 aliphatic rings. The van der Waals surface area contributed by atoms with E-state index in [1.165, 1.54) is 16.2 Å². The Morgan fingerprint density at radius 1 is 1.48 bits per heavy atom. The zero-order chi connectivity index (χ0) is 15.0. The van der Waals surface area contributed by atoms with Crippen molar-refractivity contribution in [3.63, 3.8) is 0 Å². The number of hydrogen-bond acceptors (Lipinski definition) is 4. The molecule has 3 rings (SSSR count). The van der Waals surface area contributed by atoms with Gasteiger partial charge in [0.05, 0.1) is 15.3 Å². The molecular formula is C13H14BrN3O3S. The topological polar surface area (TPSA) is 86.3 Å². The van der Waals surface area contributed by atoms with Gasteiger partial charge in [0.15, 0.2) is 0 Å². The van der Waals surface area contributed by atoms with Gasteiger partial charge in [0.25, 0.3) is 5.56 Å². The molecule has 2 aromatic heterocycles. The number of H-pyrrole nitrogens is 1. The molecule has 0 saturated carbocycles. The number of halogens is 1. The number of likely N-dealkylation sites (tertiary alicyclic amines) is 1. The van der Waals surface area contributed by atoms with Crippen molar-refractivity contribution in [2.45, 2.75) is 31.7 Å². The Bertz CT molecular complexity index is 742. The molecule has 0 radical (unpaired) electrons.